The van der Waals surface area contributed by atoms with Gasteiger partial charge in [0.05, 0.1) is 16.3 Å². The summed E-state index contributed by atoms with van der Waals surface area (Å²) in [5, 5.41) is 10.8. The number of thiazole rings is 1. The van der Waals surface area contributed by atoms with Gasteiger partial charge in [-0.3, -0.25) is 9.69 Å². The van der Waals surface area contributed by atoms with Crippen molar-refractivity contribution in [3.8, 4) is 0 Å². The molecule has 0 amide bonds. The van der Waals surface area contributed by atoms with Crippen molar-refractivity contribution in [2.75, 3.05) is 6.54 Å². The molecule has 1 aromatic heterocycles. The van der Waals surface area contributed by atoms with Crippen LogP contribution in [0.25, 0.3) is 10.2 Å². The first-order valence-electron chi connectivity index (χ1n) is 9.04. The van der Waals surface area contributed by atoms with E-state index in [4.69, 9.17) is 4.98 Å². The number of para-hydroxylation sites is 1. The minimum Gasteiger partial charge on any atom is -0.480 e. The molecule has 26 heavy (non-hydrogen) atoms. The van der Waals surface area contributed by atoms with E-state index in [-0.39, 0.29) is 6.04 Å². The van der Waals surface area contributed by atoms with Crippen molar-refractivity contribution in [2.45, 2.75) is 38.3 Å². The predicted molar refractivity (Wildman–Crippen MR) is 105 cm³/mol. The average Bonchev–Trinajstić information content (AvgIpc) is 3.07. The minimum atomic E-state index is -0.733. The number of benzene rings is 2. The third-order valence-corrected chi connectivity index (χ3v) is 6.19. The molecular weight excluding hydrogens is 344 g/mol. The van der Waals surface area contributed by atoms with Gasteiger partial charge in [0, 0.05) is 6.54 Å². The fraction of sp³-hybridized carbons (Fsp3) is 0.333. The second kappa shape index (κ2) is 7.17. The van der Waals surface area contributed by atoms with Crippen LogP contribution in [0.1, 0.15) is 41.4 Å². The summed E-state index contributed by atoms with van der Waals surface area (Å²) in [5.41, 5.74) is 3.29. The van der Waals surface area contributed by atoms with E-state index in [1.54, 1.807) is 11.3 Å². The Balaban J connectivity index is 1.83. The van der Waals surface area contributed by atoms with Crippen molar-refractivity contribution in [2.24, 2.45) is 0 Å². The molecule has 4 rings (SSSR count). The maximum atomic E-state index is 11.9. The smallest absolute Gasteiger partial charge is 0.320 e. The quantitative estimate of drug-likeness (QED) is 0.731. The normalized spacial score (nSPS) is 19.5. The first-order valence-corrected chi connectivity index (χ1v) is 9.86. The minimum absolute atomic E-state index is 0.116. The van der Waals surface area contributed by atoms with E-state index < -0.39 is 12.0 Å². The maximum absolute atomic E-state index is 11.9. The van der Waals surface area contributed by atoms with Crippen LogP contribution in [-0.2, 0) is 4.79 Å². The Morgan fingerprint density at radius 2 is 1.96 bits per heavy atom. The van der Waals surface area contributed by atoms with Crippen LogP contribution in [0.4, 0.5) is 0 Å². The number of nitrogens with zero attached hydrogens (tertiary/aromatic N) is 2. The highest BCUT2D eigenvalue weighted by molar-refractivity contribution is 7.18. The second-order valence-electron chi connectivity index (χ2n) is 6.92. The number of fused-ring (bicyclic) bond motifs is 1. The van der Waals surface area contributed by atoms with E-state index in [0.717, 1.165) is 40.2 Å². The molecule has 1 aliphatic heterocycles. The number of carboxylic acids is 1. The van der Waals surface area contributed by atoms with Crippen LogP contribution in [-0.4, -0.2) is 33.5 Å². The molecule has 1 saturated heterocycles. The van der Waals surface area contributed by atoms with Gasteiger partial charge in [-0.15, -0.1) is 11.3 Å². The molecular formula is C21H22N2O2S. The molecule has 2 heterocycles. The Labute approximate surface area is 157 Å². The predicted octanol–water partition coefficient (Wildman–Crippen LogP) is 4.63. The van der Waals surface area contributed by atoms with Crippen molar-refractivity contribution in [3.05, 3.63) is 64.7 Å². The standard InChI is InChI=1S/C21H22N2O2S/c1-14-9-11-15(12-10-14)19(23-13-5-4-7-17(23)21(24)25)20-22-16-6-2-3-8-18(16)26-20/h2-3,6,8-12,17,19H,4-5,7,13H2,1H3,(H,24,25). The molecule has 1 fully saturated rings. The fourth-order valence-corrected chi connectivity index (χ4v) is 4.88. The van der Waals surface area contributed by atoms with Crippen LogP contribution in [0.5, 0.6) is 0 Å². The molecule has 2 aromatic carbocycles. The summed E-state index contributed by atoms with van der Waals surface area (Å²) in [6, 6.07) is 15.9. The Kier molecular flexibility index (Phi) is 4.74. The molecule has 0 aliphatic carbocycles. The highest BCUT2D eigenvalue weighted by Gasteiger charge is 2.36. The van der Waals surface area contributed by atoms with Gasteiger partial charge in [-0.25, -0.2) is 4.98 Å². The number of hydrogen-bond acceptors (Lipinski definition) is 4. The molecule has 0 radical (unpaired) electrons. The fourth-order valence-electron chi connectivity index (χ4n) is 3.76. The number of aliphatic carboxylic acids is 1. The largest absolute Gasteiger partial charge is 0.480 e. The Morgan fingerprint density at radius 1 is 1.19 bits per heavy atom. The lowest BCUT2D eigenvalue weighted by molar-refractivity contribution is -0.145. The van der Waals surface area contributed by atoms with Gasteiger partial charge in [-0.2, -0.15) is 0 Å². The Bertz CT molecular complexity index is 886. The van der Waals surface area contributed by atoms with Gasteiger partial charge < -0.3 is 5.11 Å². The van der Waals surface area contributed by atoms with E-state index in [0.29, 0.717) is 6.42 Å². The van der Waals surface area contributed by atoms with Gasteiger partial charge in [-0.05, 0) is 37.5 Å². The van der Waals surface area contributed by atoms with Crippen LogP contribution in [0.2, 0.25) is 0 Å². The van der Waals surface area contributed by atoms with Crippen LogP contribution < -0.4 is 0 Å². The zero-order valence-corrected chi connectivity index (χ0v) is 15.6. The topological polar surface area (TPSA) is 53.4 Å². The van der Waals surface area contributed by atoms with Gasteiger partial charge in [-0.1, -0.05) is 48.4 Å². The van der Waals surface area contributed by atoms with Crippen LogP contribution in [0, 0.1) is 6.92 Å². The molecule has 134 valence electrons. The van der Waals surface area contributed by atoms with Crippen molar-refractivity contribution in [3.63, 3.8) is 0 Å². The van der Waals surface area contributed by atoms with E-state index >= 15 is 0 Å². The number of likely N-dealkylation sites (tertiary alicyclic amines) is 1. The summed E-state index contributed by atoms with van der Waals surface area (Å²) in [6.07, 6.45) is 2.69. The molecule has 0 bridgehead atoms. The second-order valence-corrected chi connectivity index (χ2v) is 7.98. The summed E-state index contributed by atoms with van der Waals surface area (Å²) < 4.78 is 1.14. The molecule has 4 nitrogen and oxygen atoms in total. The van der Waals surface area contributed by atoms with Gasteiger partial charge in [0.1, 0.15) is 11.0 Å². The zero-order valence-electron chi connectivity index (χ0n) is 14.8. The SMILES string of the molecule is Cc1ccc(C(c2nc3ccccc3s2)N2CCCCC2C(=O)O)cc1. The van der Waals surface area contributed by atoms with Crippen LogP contribution in [0.15, 0.2) is 48.5 Å². The molecule has 2 unspecified atom stereocenters. The summed E-state index contributed by atoms with van der Waals surface area (Å²) in [5.74, 6) is -0.733. The monoisotopic (exact) mass is 366 g/mol. The van der Waals surface area contributed by atoms with E-state index in [1.165, 1.54) is 5.56 Å². The summed E-state index contributed by atoms with van der Waals surface area (Å²) >= 11 is 1.67. The number of aryl methyl sites for hydroxylation is 1. The molecule has 5 heteroatoms. The third-order valence-electron chi connectivity index (χ3n) is 5.10. The molecule has 0 spiro atoms. The number of carboxylic acid groups (broad SMARTS) is 1. The Morgan fingerprint density at radius 3 is 2.69 bits per heavy atom. The van der Waals surface area contributed by atoms with E-state index in [1.807, 2.05) is 18.2 Å². The highest BCUT2D eigenvalue weighted by Crippen LogP contribution is 2.37. The van der Waals surface area contributed by atoms with Gasteiger partial charge >= 0.3 is 5.97 Å². The summed E-state index contributed by atoms with van der Waals surface area (Å²) in [7, 11) is 0. The van der Waals surface area contributed by atoms with Crippen molar-refractivity contribution in [1.82, 2.24) is 9.88 Å². The maximum Gasteiger partial charge on any atom is 0.320 e. The number of hydrogen-bond donors (Lipinski definition) is 1. The third kappa shape index (κ3) is 3.24. The zero-order chi connectivity index (χ0) is 18.1. The lowest BCUT2D eigenvalue weighted by atomic mass is 9.96. The number of piperidine rings is 1. The first kappa shape index (κ1) is 17.2. The van der Waals surface area contributed by atoms with Crippen molar-refractivity contribution in [1.29, 1.82) is 0 Å². The van der Waals surface area contributed by atoms with Crippen LogP contribution in [0.3, 0.4) is 0 Å². The van der Waals surface area contributed by atoms with Gasteiger partial charge in [0.25, 0.3) is 0 Å². The molecule has 1 aliphatic rings. The molecule has 3 aromatic rings. The van der Waals surface area contributed by atoms with E-state index in [9.17, 15) is 9.90 Å². The lowest BCUT2D eigenvalue weighted by Crippen LogP contribution is -2.46. The average molecular weight is 366 g/mol. The summed E-state index contributed by atoms with van der Waals surface area (Å²) in [6.45, 7) is 2.85. The highest BCUT2D eigenvalue weighted by atomic mass is 32.1. The van der Waals surface area contributed by atoms with Gasteiger partial charge in [0.2, 0.25) is 0 Å². The van der Waals surface area contributed by atoms with E-state index in [2.05, 4.69) is 42.2 Å². The molecule has 1 N–H and O–H groups in total. The number of rotatable bonds is 4. The lowest BCUT2D eigenvalue weighted by Gasteiger charge is -2.38. The number of carbonyl (C=O) groups is 1. The molecule has 0 saturated carbocycles. The number of aromatic nitrogens is 1. The first-order chi connectivity index (χ1) is 12.6. The van der Waals surface area contributed by atoms with Crippen molar-refractivity contribution >= 4 is 27.5 Å². The molecule has 2 atom stereocenters. The van der Waals surface area contributed by atoms with Crippen molar-refractivity contribution < 1.29 is 9.90 Å². The van der Waals surface area contributed by atoms with Crippen LogP contribution >= 0.6 is 11.3 Å². The Hall–Kier alpha value is -2.24. The summed E-state index contributed by atoms with van der Waals surface area (Å²) in [4.78, 5) is 18.9. The van der Waals surface area contributed by atoms with Gasteiger partial charge in [0.15, 0.2) is 0 Å².